The van der Waals surface area contributed by atoms with Gasteiger partial charge in [-0.2, -0.15) is 5.26 Å². The Morgan fingerprint density at radius 2 is 1.89 bits per heavy atom. The molecule has 1 atom stereocenters. The highest BCUT2D eigenvalue weighted by Gasteiger charge is 2.33. The van der Waals surface area contributed by atoms with Crippen molar-refractivity contribution in [2.45, 2.75) is 31.1 Å². The smallest absolute Gasteiger partial charge is 0.244 e. The first-order valence-electron chi connectivity index (χ1n) is 8.39. The molecule has 140 valence electrons. The van der Waals surface area contributed by atoms with E-state index in [0.717, 1.165) is 3.97 Å². The summed E-state index contributed by atoms with van der Waals surface area (Å²) in [5, 5.41) is 19.8. The van der Waals surface area contributed by atoms with Crippen LogP contribution in [0.3, 0.4) is 0 Å². The van der Waals surface area contributed by atoms with Crippen molar-refractivity contribution < 1.29 is 13.5 Å². The molecule has 0 aliphatic rings. The normalized spacial score (nSPS) is 14.2. The maximum atomic E-state index is 12.7. The minimum atomic E-state index is -3.75. The standard InChI is InChI=1S/C19H20N4O3S/c1-13(2)27(25,26)23-17-12-15(8-9-16(17)22-18(23)21)19(24,10-11-20)14-6-4-3-5-7-14/h3-9,12-13,24H,10H2,1-2H3,(H2,21,22). The van der Waals surface area contributed by atoms with Crippen molar-refractivity contribution in [3.05, 3.63) is 59.7 Å². The maximum absolute atomic E-state index is 12.7. The van der Waals surface area contributed by atoms with Gasteiger partial charge >= 0.3 is 0 Å². The highest BCUT2D eigenvalue weighted by atomic mass is 32.2. The maximum Gasteiger partial charge on any atom is 0.244 e. The molecule has 0 saturated heterocycles. The topological polar surface area (TPSA) is 122 Å². The van der Waals surface area contributed by atoms with E-state index in [1.165, 1.54) is 6.07 Å². The predicted molar refractivity (Wildman–Crippen MR) is 103 cm³/mol. The minimum absolute atomic E-state index is 0.139. The van der Waals surface area contributed by atoms with Crippen LogP contribution in [0.25, 0.3) is 11.0 Å². The van der Waals surface area contributed by atoms with E-state index in [4.69, 9.17) is 5.73 Å². The van der Waals surface area contributed by atoms with E-state index in [1.54, 1.807) is 50.2 Å². The van der Waals surface area contributed by atoms with Crippen LogP contribution in [0.15, 0.2) is 48.5 Å². The van der Waals surface area contributed by atoms with Gasteiger partial charge in [0.05, 0.1) is 28.8 Å². The Balaban J connectivity index is 2.29. The highest BCUT2D eigenvalue weighted by Crippen LogP contribution is 2.35. The number of nitrogens with two attached hydrogens (primary N) is 1. The Morgan fingerprint density at radius 1 is 1.22 bits per heavy atom. The number of imidazole rings is 1. The van der Waals surface area contributed by atoms with Crippen LogP contribution in [0.5, 0.6) is 0 Å². The van der Waals surface area contributed by atoms with Gasteiger partial charge in [0.15, 0.2) is 0 Å². The number of hydrogen-bond donors (Lipinski definition) is 2. The van der Waals surface area contributed by atoms with E-state index in [1.807, 2.05) is 12.1 Å². The quantitative estimate of drug-likeness (QED) is 0.696. The van der Waals surface area contributed by atoms with Gasteiger partial charge in [0.25, 0.3) is 0 Å². The number of aliphatic hydroxyl groups is 1. The predicted octanol–water partition coefficient (Wildman–Crippen LogP) is 2.35. The van der Waals surface area contributed by atoms with Crippen LogP contribution in [-0.2, 0) is 15.6 Å². The summed E-state index contributed by atoms with van der Waals surface area (Å²) in [5.74, 6) is -0.139. The van der Waals surface area contributed by atoms with E-state index in [2.05, 4.69) is 4.98 Å². The zero-order valence-corrected chi connectivity index (χ0v) is 15.8. The number of hydrogen-bond acceptors (Lipinski definition) is 6. The van der Waals surface area contributed by atoms with E-state index in [0.29, 0.717) is 16.6 Å². The average molecular weight is 384 g/mol. The molecule has 1 unspecified atom stereocenters. The van der Waals surface area contributed by atoms with Crippen molar-refractivity contribution in [2.75, 3.05) is 5.73 Å². The number of anilines is 1. The molecular formula is C19H20N4O3S. The zero-order valence-electron chi connectivity index (χ0n) is 15.0. The summed E-state index contributed by atoms with van der Waals surface area (Å²) in [6.45, 7) is 3.11. The van der Waals surface area contributed by atoms with Gasteiger partial charge in [0, 0.05) is 0 Å². The van der Waals surface area contributed by atoms with Gasteiger partial charge in [-0.15, -0.1) is 0 Å². The molecule has 0 spiro atoms. The van der Waals surface area contributed by atoms with E-state index in [9.17, 15) is 18.8 Å². The third kappa shape index (κ3) is 3.05. The fourth-order valence-electron chi connectivity index (χ4n) is 3.01. The van der Waals surface area contributed by atoms with Crippen LogP contribution in [-0.4, -0.2) is 27.7 Å². The van der Waals surface area contributed by atoms with Crippen molar-refractivity contribution in [1.29, 1.82) is 5.26 Å². The zero-order chi connectivity index (χ0) is 19.8. The summed E-state index contributed by atoms with van der Waals surface area (Å²) in [5.41, 5.74) is 5.87. The molecular weight excluding hydrogens is 364 g/mol. The number of aromatic nitrogens is 2. The van der Waals surface area contributed by atoms with Gasteiger partial charge in [-0.1, -0.05) is 36.4 Å². The Bertz CT molecular complexity index is 1130. The first kappa shape index (κ1) is 18.9. The molecule has 0 bridgehead atoms. The minimum Gasteiger partial charge on any atom is -0.379 e. The SMILES string of the molecule is CC(C)S(=O)(=O)n1c(N)nc2ccc(C(O)(CC#N)c3ccccc3)cc21. The third-order valence-corrected chi connectivity index (χ3v) is 6.64. The molecule has 3 aromatic rings. The molecule has 27 heavy (non-hydrogen) atoms. The second-order valence-corrected chi connectivity index (χ2v) is 8.93. The molecule has 3 rings (SSSR count). The van der Waals surface area contributed by atoms with Gasteiger partial charge in [-0.3, -0.25) is 0 Å². The van der Waals surface area contributed by atoms with Gasteiger partial charge in [-0.05, 0) is 37.1 Å². The second kappa shape index (κ2) is 6.68. The Kier molecular flexibility index (Phi) is 4.68. The average Bonchev–Trinajstić information content (AvgIpc) is 2.97. The molecule has 0 fully saturated rings. The molecule has 7 nitrogen and oxygen atoms in total. The molecule has 0 amide bonds. The van der Waals surface area contributed by atoms with Gasteiger partial charge in [0.1, 0.15) is 5.60 Å². The number of nitriles is 1. The Labute approximate surface area is 157 Å². The van der Waals surface area contributed by atoms with Crippen LogP contribution >= 0.6 is 0 Å². The number of fused-ring (bicyclic) bond motifs is 1. The van der Waals surface area contributed by atoms with Gasteiger partial charge in [0.2, 0.25) is 16.0 Å². The molecule has 8 heteroatoms. The van der Waals surface area contributed by atoms with Crippen molar-refractivity contribution >= 4 is 27.0 Å². The van der Waals surface area contributed by atoms with E-state index in [-0.39, 0.29) is 17.9 Å². The molecule has 0 radical (unpaired) electrons. The van der Waals surface area contributed by atoms with Crippen LogP contribution in [0, 0.1) is 11.3 Å². The van der Waals surface area contributed by atoms with E-state index >= 15 is 0 Å². The van der Waals surface area contributed by atoms with Crippen molar-refractivity contribution in [1.82, 2.24) is 8.96 Å². The fraction of sp³-hybridized carbons (Fsp3) is 0.263. The molecule has 0 aliphatic heterocycles. The molecule has 1 aromatic heterocycles. The number of rotatable bonds is 5. The first-order chi connectivity index (χ1) is 12.7. The second-order valence-electron chi connectivity index (χ2n) is 6.59. The third-order valence-electron chi connectivity index (χ3n) is 4.55. The summed E-state index contributed by atoms with van der Waals surface area (Å²) in [4.78, 5) is 4.12. The summed E-state index contributed by atoms with van der Waals surface area (Å²) >= 11 is 0. The molecule has 0 saturated carbocycles. The summed E-state index contributed by atoms with van der Waals surface area (Å²) in [6.07, 6.45) is -0.191. The largest absolute Gasteiger partial charge is 0.379 e. The van der Waals surface area contributed by atoms with Gasteiger partial charge in [-0.25, -0.2) is 17.4 Å². The molecule has 0 aliphatic carbocycles. The highest BCUT2D eigenvalue weighted by molar-refractivity contribution is 7.90. The summed E-state index contributed by atoms with van der Waals surface area (Å²) in [6, 6.07) is 15.5. The monoisotopic (exact) mass is 384 g/mol. The Morgan fingerprint density at radius 3 is 2.48 bits per heavy atom. The number of nitrogen functional groups attached to an aromatic ring is 1. The Hall–Kier alpha value is -2.89. The molecule has 2 aromatic carbocycles. The first-order valence-corrected chi connectivity index (χ1v) is 9.90. The summed E-state index contributed by atoms with van der Waals surface area (Å²) in [7, 11) is -3.75. The van der Waals surface area contributed by atoms with Crippen LogP contribution in [0.2, 0.25) is 0 Å². The van der Waals surface area contributed by atoms with Crippen molar-refractivity contribution in [3.63, 3.8) is 0 Å². The lowest BCUT2D eigenvalue weighted by atomic mass is 9.84. The van der Waals surface area contributed by atoms with E-state index < -0.39 is 20.9 Å². The lowest BCUT2D eigenvalue weighted by Crippen LogP contribution is -2.27. The lowest BCUT2D eigenvalue weighted by Gasteiger charge is -2.27. The van der Waals surface area contributed by atoms with Crippen LogP contribution in [0.1, 0.15) is 31.4 Å². The summed E-state index contributed by atoms with van der Waals surface area (Å²) < 4.78 is 26.4. The van der Waals surface area contributed by atoms with Crippen LogP contribution < -0.4 is 5.73 Å². The van der Waals surface area contributed by atoms with Gasteiger partial charge < -0.3 is 10.8 Å². The number of nitrogens with zero attached hydrogens (tertiary/aromatic N) is 3. The van der Waals surface area contributed by atoms with Crippen LogP contribution in [0.4, 0.5) is 5.95 Å². The fourth-order valence-corrected chi connectivity index (χ4v) is 4.15. The lowest BCUT2D eigenvalue weighted by molar-refractivity contribution is 0.0861. The number of benzene rings is 2. The van der Waals surface area contributed by atoms with Crippen molar-refractivity contribution in [2.24, 2.45) is 0 Å². The molecule has 3 N–H and O–H groups in total. The molecule has 1 heterocycles. The van der Waals surface area contributed by atoms with Crippen molar-refractivity contribution in [3.8, 4) is 6.07 Å².